The highest BCUT2D eigenvalue weighted by molar-refractivity contribution is 5.94. The van der Waals surface area contributed by atoms with Crippen molar-refractivity contribution in [1.82, 2.24) is 9.78 Å². The minimum Gasteiger partial charge on any atom is -0.494 e. The third-order valence-corrected chi connectivity index (χ3v) is 4.96. The summed E-state index contributed by atoms with van der Waals surface area (Å²) in [6.07, 6.45) is 2.00. The van der Waals surface area contributed by atoms with Gasteiger partial charge in [0.15, 0.2) is 0 Å². The molecule has 0 fully saturated rings. The van der Waals surface area contributed by atoms with Crippen LogP contribution in [0.25, 0.3) is 5.69 Å². The molecule has 0 saturated heterocycles. The van der Waals surface area contributed by atoms with Crippen LogP contribution in [0.5, 0.6) is 5.75 Å². The summed E-state index contributed by atoms with van der Waals surface area (Å²) in [5.41, 5.74) is 3.29. The number of aryl methyl sites for hydroxylation is 2. The third-order valence-electron chi connectivity index (χ3n) is 4.96. The van der Waals surface area contributed by atoms with Crippen LogP contribution in [0.15, 0.2) is 48.5 Å². The van der Waals surface area contributed by atoms with Gasteiger partial charge >= 0.3 is 0 Å². The molecule has 1 aliphatic heterocycles. The molecule has 2 N–H and O–H groups in total. The molecule has 0 bridgehead atoms. The number of benzene rings is 2. The van der Waals surface area contributed by atoms with Gasteiger partial charge in [-0.2, -0.15) is 5.10 Å². The van der Waals surface area contributed by atoms with Crippen molar-refractivity contribution in [2.75, 3.05) is 17.2 Å². The number of aromatic nitrogens is 2. The molecular formula is C23H23FN4O3. The smallest absolute Gasteiger partial charge is 0.225 e. The molecule has 31 heavy (non-hydrogen) atoms. The van der Waals surface area contributed by atoms with Gasteiger partial charge in [-0.25, -0.2) is 9.07 Å². The van der Waals surface area contributed by atoms with Gasteiger partial charge in [0.25, 0.3) is 0 Å². The molecular weight excluding hydrogens is 399 g/mol. The molecule has 160 valence electrons. The van der Waals surface area contributed by atoms with Gasteiger partial charge in [-0.05, 0) is 67.8 Å². The third kappa shape index (κ3) is 5.09. The van der Waals surface area contributed by atoms with Crippen molar-refractivity contribution in [3.63, 3.8) is 0 Å². The summed E-state index contributed by atoms with van der Waals surface area (Å²) in [5, 5.41) is 10.1. The van der Waals surface area contributed by atoms with Crippen LogP contribution in [-0.2, 0) is 16.0 Å². The molecule has 2 heterocycles. The molecule has 0 saturated carbocycles. The Balaban J connectivity index is 1.29. The van der Waals surface area contributed by atoms with Crippen LogP contribution in [0.4, 0.5) is 15.9 Å². The van der Waals surface area contributed by atoms with Crippen molar-refractivity contribution in [1.29, 1.82) is 0 Å². The first-order valence-electron chi connectivity index (χ1n) is 10.2. The van der Waals surface area contributed by atoms with Gasteiger partial charge in [-0.15, -0.1) is 0 Å². The first-order chi connectivity index (χ1) is 15.0. The first-order valence-corrected chi connectivity index (χ1v) is 10.2. The minimum absolute atomic E-state index is 0.0307. The summed E-state index contributed by atoms with van der Waals surface area (Å²) in [7, 11) is 0. The van der Waals surface area contributed by atoms with Gasteiger partial charge in [0, 0.05) is 24.6 Å². The molecule has 0 spiro atoms. The van der Waals surface area contributed by atoms with Crippen LogP contribution < -0.4 is 15.4 Å². The number of rotatable bonds is 7. The van der Waals surface area contributed by atoms with Crippen LogP contribution >= 0.6 is 0 Å². The number of hydrogen-bond acceptors (Lipinski definition) is 4. The molecule has 7 nitrogen and oxygen atoms in total. The van der Waals surface area contributed by atoms with E-state index in [1.54, 1.807) is 22.9 Å². The Hall–Kier alpha value is -3.68. The lowest BCUT2D eigenvalue weighted by Crippen LogP contribution is -2.18. The number of fused-ring (bicyclic) bond motifs is 1. The van der Waals surface area contributed by atoms with Gasteiger partial charge in [-0.1, -0.05) is 0 Å². The summed E-state index contributed by atoms with van der Waals surface area (Å²) in [6, 6.07) is 13.3. The second-order valence-corrected chi connectivity index (χ2v) is 7.43. The number of carbonyl (C=O) groups excluding carboxylic acids is 2. The predicted octanol–water partition coefficient (Wildman–Crippen LogP) is 4.00. The minimum atomic E-state index is -0.332. The quantitative estimate of drug-likeness (QED) is 0.564. The number of nitrogens with one attached hydrogen (secondary N) is 2. The fourth-order valence-electron chi connectivity index (χ4n) is 3.45. The largest absolute Gasteiger partial charge is 0.494 e. The van der Waals surface area contributed by atoms with E-state index in [2.05, 4.69) is 15.7 Å². The molecule has 2 aromatic carbocycles. The second kappa shape index (κ2) is 8.99. The maximum Gasteiger partial charge on any atom is 0.225 e. The summed E-state index contributed by atoms with van der Waals surface area (Å²) >= 11 is 0. The van der Waals surface area contributed by atoms with E-state index in [0.29, 0.717) is 37.4 Å². The number of ether oxygens (including phenoxy) is 1. The Morgan fingerprint density at radius 1 is 1.19 bits per heavy atom. The number of halogens is 1. The van der Waals surface area contributed by atoms with E-state index >= 15 is 0 Å². The van der Waals surface area contributed by atoms with Crippen molar-refractivity contribution in [2.45, 2.75) is 32.6 Å². The van der Waals surface area contributed by atoms with E-state index in [9.17, 15) is 14.0 Å². The Labute approximate surface area is 179 Å². The SMILES string of the molecule is Cc1cc(NC(=O)CCCOc2ccc3c(c2)CCC(=O)N3)n(-c2ccc(F)cc2)n1. The zero-order chi connectivity index (χ0) is 21.8. The molecule has 0 atom stereocenters. The number of hydrogen-bond donors (Lipinski definition) is 2. The Morgan fingerprint density at radius 2 is 2.00 bits per heavy atom. The van der Waals surface area contributed by atoms with Gasteiger partial charge in [0.1, 0.15) is 17.4 Å². The lowest BCUT2D eigenvalue weighted by Gasteiger charge is -2.17. The predicted molar refractivity (Wildman–Crippen MR) is 115 cm³/mol. The summed E-state index contributed by atoms with van der Waals surface area (Å²) in [4.78, 5) is 23.8. The van der Waals surface area contributed by atoms with Crippen LogP contribution in [0.1, 0.15) is 30.5 Å². The lowest BCUT2D eigenvalue weighted by atomic mass is 10.0. The number of nitrogens with zero attached hydrogens (tertiary/aromatic N) is 2. The average Bonchev–Trinajstić information content (AvgIpc) is 3.11. The maximum absolute atomic E-state index is 13.2. The second-order valence-electron chi connectivity index (χ2n) is 7.43. The Morgan fingerprint density at radius 3 is 2.81 bits per heavy atom. The highest BCUT2D eigenvalue weighted by Gasteiger charge is 2.15. The topological polar surface area (TPSA) is 85.2 Å². The summed E-state index contributed by atoms with van der Waals surface area (Å²) < 4.78 is 20.5. The molecule has 8 heteroatoms. The van der Waals surface area contributed by atoms with E-state index in [1.165, 1.54) is 12.1 Å². The van der Waals surface area contributed by atoms with Crippen molar-refractivity contribution in [3.05, 3.63) is 65.6 Å². The Bertz CT molecular complexity index is 1110. The fraction of sp³-hybridized carbons (Fsp3) is 0.261. The molecule has 2 amide bonds. The van der Waals surface area contributed by atoms with Crippen LogP contribution in [0.3, 0.4) is 0 Å². The Kier molecular flexibility index (Phi) is 5.97. The lowest BCUT2D eigenvalue weighted by molar-refractivity contribution is -0.117. The van der Waals surface area contributed by atoms with Crippen LogP contribution in [0, 0.1) is 12.7 Å². The molecule has 1 aliphatic rings. The van der Waals surface area contributed by atoms with Crippen molar-refractivity contribution in [2.24, 2.45) is 0 Å². The zero-order valence-electron chi connectivity index (χ0n) is 17.2. The number of amides is 2. The molecule has 0 radical (unpaired) electrons. The van der Waals surface area contributed by atoms with Crippen molar-refractivity contribution in [3.8, 4) is 11.4 Å². The van der Waals surface area contributed by atoms with E-state index in [4.69, 9.17) is 4.74 Å². The van der Waals surface area contributed by atoms with Crippen LogP contribution in [0.2, 0.25) is 0 Å². The summed E-state index contributed by atoms with van der Waals surface area (Å²) in [6.45, 7) is 2.22. The first kappa shape index (κ1) is 20.6. The number of carbonyl (C=O) groups is 2. The van der Waals surface area contributed by atoms with Crippen molar-refractivity contribution < 1.29 is 18.7 Å². The van der Waals surface area contributed by atoms with Gasteiger partial charge in [0.2, 0.25) is 11.8 Å². The maximum atomic E-state index is 13.2. The zero-order valence-corrected chi connectivity index (χ0v) is 17.2. The van der Waals surface area contributed by atoms with Gasteiger partial charge in [-0.3, -0.25) is 9.59 Å². The van der Waals surface area contributed by atoms with Gasteiger partial charge < -0.3 is 15.4 Å². The molecule has 1 aromatic heterocycles. The van der Waals surface area contributed by atoms with Crippen LogP contribution in [-0.4, -0.2) is 28.2 Å². The highest BCUT2D eigenvalue weighted by Crippen LogP contribution is 2.27. The average molecular weight is 422 g/mol. The van der Waals surface area contributed by atoms with E-state index in [-0.39, 0.29) is 24.1 Å². The summed E-state index contributed by atoms with van der Waals surface area (Å²) in [5.74, 6) is 0.803. The standard InChI is InChI=1S/C23H23FN4O3/c1-15-13-21(28(27-15)18-7-5-17(24)6-8-18)26-22(29)3-2-12-31-19-9-10-20-16(14-19)4-11-23(30)25-20/h5-10,13-14H,2-4,11-12H2,1H3,(H,25,30)(H,26,29). The van der Waals surface area contributed by atoms with Gasteiger partial charge in [0.05, 0.1) is 18.0 Å². The number of anilines is 2. The fourth-order valence-corrected chi connectivity index (χ4v) is 3.45. The molecule has 0 aliphatic carbocycles. The van der Waals surface area contributed by atoms with Crippen molar-refractivity contribution >= 4 is 23.3 Å². The normalized spacial score (nSPS) is 12.8. The monoisotopic (exact) mass is 422 g/mol. The molecule has 0 unspecified atom stereocenters. The van der Waals surface area contributed by atoms with E-state index < -0.39 is 0 Å². The van der Waals surface area contributed by atoms with E-state index in [0.717, 1.165) is 22.7 Å². The highest BCUT2D eigenvalue weighted by atomic mass is 19.1. The molecule has 3 aromatic rings. The van der Waals surface area contributed by atoms with E-state index in [1.807, 2.05) is 25.1 Å². The molecule has 4 rings (SSSR count).